The predicted octanol–water partition coefficient (Wildman–Crippen LogP) is 5.96. The van der Waals surface area contributed by atoms with Gasteiger partial charge in [-0.1, -0.05) is 57.4 Å². The molecule has 0 aliphatic heterocycles. The highest BCUT2D eigenvalue weighted by atomic mass is 32.2. The summed E-state index contributed by atoms with van der Waals surface area (Å²) < 4.78 is 24.4. The molecule has 0 radical (unpaired) electrons. The summed E-state index contributed by atoms with van der Waals surface area (Å²) in [6, 6.07) is 5.77. The largest absolute Gasteiger partial charge is 0.493 e. The van der Waals surface area contributed by atoms with Crippen LogP contribution in [-0.4, -0.2) is 17.5 Å². The van der Waals surface area contributed by atoms with Gasteiger partial charge < -0.3 is 9.15 Å². The Morgan fingerprint density at radius 1 is 1.18 bits per heavy atom. The smallest absolute Gasteiger partial charge is 0.340 e. The second-order valence-electron chi connectivity index (χ2n) is 6.99. The molecule has 0 bridgehead atoms. The van der Waals surface area contributed by atoms with Crippen molar-refractivity contribution in [2.45, 2.75) is 58.8 Å². The molecule has 154 valence electrons. The zero-order chi connectivity index (χ0) is 20.4. The molecule has 1 aromatic carbocycles. The molecule has 28 heavy (non-hydrogen) atoms. The predicted molar refractivity (Wildman–Crippen MR) is 113 cm³/mol. The maximum atomic E-state index is 13.8. The summed E-state index contributed by atoms with van der Waals surface area (Å²) in [7, 11) is 0. The summed E-state index contributed by atoms with van der Waals surface area (Å²) in [5, 5.41) is 0.783. The van der Waals surface area contributed by atoms with Crippen molar-refractivity contribution in [3.8, 4) is 5.75 Å². The first-order chi connectivity index (χ1) is 13.5. The lowest BCUT2D eigenvalue weighted by Gasteiger charge is -2.09. The van der Waals surface area contributed by atoms with E-state index in [1.807, 2.05) is 13.8 Å². The molecule has 1 unspecified atom stereocenters. The third-order valence-corrected chi connectivity index (χ3v) is 5.92. The standard InChI is InChI=1S/C22H29FO4S/c1-3-16(2)22(25)28-14-9-7-5-4-6-8-13-26-19-15-20(24)27-21-17(19)11-10-12-18(21)23/h10-12,15-16H,3-9,13-14H2,1-2H3. The van der Waals surface area contributed by atoms with Crippen LogP contribution in [0, 0.1) is 11.7 Å². The van der Waals surface area contributed by atoms with E-state index in [4.69, 9.17) is 9.15 Å². The van der Waals surface area contributed by atoms with Crippen molar-refractivity contribution >= 4 is 27.8 Å². The minimum absolute atomic E-state index is 0.0605. The number of rotatable bonds is 12. The summed E-state index contributed by atoms with van der Waals surface area (Å²) in [6.07, 6.45) is 7.27. The fourth-order valence-electron chi connectivity index (χ4n) is 2.82. The van der Waals surface area contributed by atoms with E-state index in [0.717, 1.165) is 50.7 Å². The highest BCUT2D eigenvalue weighted by Crippen LogP contribution is 2.25. The third kappa shape index (κ3) is 6.97. The SMILES string of the molecule is CCC(C)C(=O)SCCCCCCCCOc1cc(=O)oc2c(F)cccc12. The molecule has 2 rings (SSSR count). The molecule has 1 atom stereocenters. The Morgan fingerprint density at radius 3 is 2.64 bits per heavy atom. The molecule has 2 aromatic rings. The Balaban J connectivity index is 1.60. The second-order valence-corrected chi connectivity index (χ2v) is 8.09. The van der Waals surface area contributed by atoms with E-state index in [0.29, 0.717) is 22.9 Å². The molecule has 1 aromatic heterocycles. The molecule has 0 N–H and O–H groups in total. The molecule has 6 heteroatoms. The lowest BCUT2D eigenvalue weighted by atomic mass is 10.1. The monoisotopic (exact) mass is 408 g/mol. The number of carbonyl (C=O) groups excluding carboxylic acids is 1. The van der Waals surface area contributed by atoms with Crippen LogP contribution in [0.5, 0.6) is 5.75 Å². The van der Waals surface area contributed by atoms with E-state index < -0.39 is 11.4 Å². The molecule has 0 aliphatic rings. The first-order valence-electron chi connectivity index (χ1n) is 10.0. The first-order valence-corrected chi connectivity index (χ1v) is 11.0. The maximum Gasteiger partial charge on any atom is 0.340 e. The summed E-state index contributed by atoms with van der Waals surface area (Å²) >= 11 is 1.46. The topological polar surface area (TPSA) is 56.5 Å². The van der Waals surface area contributed by atoms with Crippen LogP contribution in [0.1, 0.15) is 58.8 Å². The van der Waals surface area contributed by atoms with Gasteiger partial charge in [-0.3, -0.25) is 4.79 Å². The summed E-state index contributed by atoms with van der Waals surface area (Å²) in [4.78, 5) is 23.3. The van der Waals surface area contributed by atoms with E-state index in [2.05, 4.69) is 0 Å². The van der Waals surface area contributed by atoms with Crippen molar-refractivity contribution in [3.63, 3.8) is 0 Å². The molecule has 0 amide bonds. The molecular formula is C22H29FO4S. The molecule has 0 saturated heterocycles. The molecule has 0 fully saturated rings. The van der Waals surface area contributed by atoms with Crippen molar-refractivity contribution in [2.24, 2.45) is 5.92 Å². The summed E-state index contributed by atoms with van der Waals surface area (Å²) in [5.74, 6) is 0.874. The number of fused-ring (bicyclic) bond motifs is 1. The van der Waals surface area contributed by atoms with Gasteiger partial charge in [-0.2, -0.15) is 0 Å². The second kappa shape index (κ2) is 11.9. The van der Waals surface area contributed by atoms with Gasteiger partial charge in [0.2, 0.25) is 0 Å². The number of carbonyl (C=O) groups is 1. The van der Waals surface area contributed by atoms with Crippen molar-refractivity contribution in [3.05, 3.63) is 40.5 Å². The van der Waals surface area contributed by atoms with E-state index in [1.165, 1.54) is 23.9 Å². The first kappa shape index (κ1) is 22.5. The van der Waals surface area contributed by atoms with E-state index >= 15 is 0 Å². The molecule has 4 nitrogen and oxygen atoms in total. The van der Waals surface area contributed by atoms with Crippen molar-refractivity contribution in [1.82, 2.24) is 0 Å². The van der Waals surface area contributed by atoms with Crippen LogP contribution in [-0.2, 0) is 4.79 Å². The van der Waals surface area contributed by atoms with Crippen LogP contribution in [0.15, 0.2) is 33.5 Å². The van der Waals surface area contributed by atoms with Gasteiger partial charge in [-0.15, -0.1) is 0 Å². The van der Waals surface area contributed by atoms with Crippen molar-refractivity contribution < 1.29 is 18.3 Å². The molecule has 1 heterocycles. The minimum Gasteiger partial charge on any atom is -0.493 e. The van der Waals surface area contributed by atoms with Crippen LogP contribution in [0.25, 0.3) is 11.0 Å². The summed E-state index contributed by atoms with van der Waals surface area (Å²) in [6.45, 7) is 4.51. The number of hydrogen-bond acceptors (Lipinski definition) is 5. The van der Waals surface area contributed by atoms with Crippen LogP contribution >= 0.6 is 11.8 Å². The fourth-order valence-corrected chi connectivity index (χ4v) is 3.82. The van der Waals surface area contributed by atoms with Crippen molar-refractivity contribution in [2.75, 3.05) is 12.4 Å². The van der Waals surface area contributed by atoms with Crippen LogP contribution in [0.3, 0.4) is 0 Å². The van der Waals surface area contributed by atoms with Crippen molar-refractivity contribution in [1.29, 1.82) is 0 Å². The Morgan fingerprint density at radius 2 is 1.89 bits per heavy atom. The number of halogens is 1. The molecule has 0 spiro atoms. The molecule has 0 aliphatic carbocycles. The van der Waals surface area contributed by atoms with Gasteiger partial charge in [0.1, 0.15) is 5.75 Å². The number of thioether (sulfide) groups is 1. The number of ether oxygens (including phenoxy) is 1. The number of benzene rings is 1. The highest BCUT2D eigenvalue weighted by molar-refractivity contribution is 8.13. The fraction of sp³-hybridized carbons (Fsp3) is 0.545. The van der Waals surface area contributed by atoms with Gasteiger partial charge in [0.05, 0.1) is 18.1 Å². The quantitative estimate of drug-likeness (QED) is 0.320. The van der Waals surface area contributed by atoms with E-state index in [9.17, 15) is 14.0 Å². The lowest BCUT2D eigenvalue weighted by molar-refractivity contribution is -0.113. The van der Waals surface area contributed by atoms with Gasteiger partial charge >= 0.3 is 5.63 Å². The summed E-state index contributed by atoms with van der Waals surface area (Å²) in [5.41, 5.74) is -0.674. The normalized spacial score (nSPS) is 12.2. The number of unbranched alkanes of at least 4 members (excludes halogenated alkanes) is 5. The minimum atomic E-state index is -0.614. The highest BCUT2D eigenvalue weighted by Gasteiger charge is 2.11. The Kier molecular flexibility index (Phi) is 9.55. The lowest BCUT2D eigenvalue weighted by Crippen LogP contribution is -2.05. The van der Waals surface area contributed by atoms with Crippen LogP contribution in [0.2, 0.25) is 0 Å². The number of hydrogen-bond donors (Lipinski definition) is 0. The van der Waals surface area contributed by atoms with Gasteiger partial charge in [-0.25, -0.2) is 9.18 Å². The van der Waals surface area contributed by atoms with Gasteiger partial charge in [0.15, 0.2) is 16.5 Å². The number of para-hydroxylation sites is 1. The Hall–Kier alpha value is -1.82. The average molecular weight is 409 g/mol. The van der Waals surface area contributed by atoms with Gasteiger partial charge in [0.25, 0.3) is 0 Å². The Labute approximate surface area is 169 Å². The molecule has 0 saturated carbocycles. The van der Waals surface area contributed by atoms with Gasteiger partial charge in [-0.05, 0) is 31.4 Å². The third-order valence-electron chi connectivity index (χ3n) is 4.74. The van der Waals surface area contributed by atoms with E-state index in [1.54, 1.807) is 12.1 Å². The van der Waals surface area contributed by atoms with Gasteiger partial charge in [0, 0.05) is 11.7 Å². The molecular weight excluding hydrogens is 379 g/mol. The zero-order valence-corrected chi connectivity index (χ0v) is 17.5. The Bertz CT molecular complexity index is 818. The van der Waals surface area contributed by atoms with Crippen LogP contribution in [0.4, 0.5) is 4.39 Å². The zero-order valence-electron chi connectivity index (χ0n) is 16.7. The van der Waals surface area contributed by atoms with E-state index in [-0.39, 0.29) is 11.5 Å². The van der Waals surface area contributed by atoms with Crippen LogP contribution < -0.4 is 10.4 Å². The average Bonchev–Trinajstić information content (AvgIpc) is 2.69. The maximum absolute atomic E-state index is 13.8.